The first-order valence-electron chi connectivity index (χ1n) is 3.79. The fourth-order valence-electron chi connectivity index (χ4n) is 0.858. The Kier molecular flexibility index (Phi) is 3.05. The molecule has 0 aliphatic rings. The van der Waals surface area contributed by atoms with Gasteiger partial charge in [0.15, 0.2) is 5.82 Å². The van der Waals surface area contributed by atoms with Crippen molar-refractivity contribution in [3.63, 3.8) is 0 Å². The lowest BCUT2D eigenvalue weighted by atomic mass is 10.4. The highest BCUT2D eigenvalue weighted by Crippen LogP contribution is 2.13. The minimum atomic E-state index is -0.128. The van der Waals surface area contributed by atoms with E-state index in [-0.39, 0.29) is 5.38 Å². The van der Waals surface area contributed by atoms with E-state index in [2.05, 4.69) is 15.2 Å². The average molecular weight is 189 g/mol. The van der Waals surface area contributed by atoms with Gasteiger partial charge in [-0.3, -0.25) is 5.10 Å². The zero-order valence-corrected chi connectivity index (χ0v) is 8.26. The van der Waals surface area contributed by atoms with Crippen LogP contribution in [-0.4, -0.2) is 34.2 Å². The molecule has 1 N–H and O–H groups in total. The summed E-state index contributed by atoms with van der Waals surface area (Å²) in [5, 5.41) is 6.68. The Balaban J connectivity index is 2.64. The molecule has 0 spiro atoms. The Labute approximate surface area is 76.9 Å². The van der Waals surface area contributed by atoms with Gasteiger partial charge in [-0.2, -0.15) is 5.10 Å². The molecule has 1 aromatic rings. The largest absolute Gasteiger partial charge is 0.302 e. The van der Waals surface area contributed by atoms with Crippen molar-refractivity contribution < 1.29 is 0 Å². The van der Waals surface area contributed by atoms with Crippen LogP contribution in [0.5, 0.6) is 0 Å². The summed E-state index contributed by atoms with van der Waals surface area (Å²) in [4.78, 5) is 6.23. The van der Waals surface area contributed by atoms with E-state index in [1.807, 2.05) is 25.9 Å². The maximum Gasteiger partial charge on any atom is 0.168 e. The minimum absolute atomic E-state index is 0.128. The molecule has 5 heteroatoms. The normalized spacial score (nSPS) is 13.8. The minimum Gasteiger partial charge on any atom is -0.302 e. The summed E-state index contributed by atoms with van der Waals surface area (Å²) in [5.74, 6) is 1.51. The number of nitrogens with zero attached hydrogens (tertiary/aromatic N) is 3. The number of aromatic nitrogens is 3. The van der Waals surface area contributed by atoms with Crippen LogP contribution in [0.3, 0.4) is 0 Å². The first-order valence-corrected chi connectivity index (χ1v) is 4.23. The summed E-state index contributed by atoms with van der Waals surface area (Å²) in [6.07, 6.45) is 0. The molecule has 4 nitrogen and oxygen atoms in total. The van der Waals surface area contributed by atoms with Crippen molar-refractivity contribution >= 4 is 11.6 Å². The number of H-pyrrole nitrogens is 1. The van der Waals surface area contributed by atoms with Crippen LogP contribution in [0.15, 0.2) is 0 Å². The third-order valence-corrected chi connectivity index (χ3v) is 1.57. The van der Waals surface area contributed by atoms with Crippen LogP contribution in [0.1, 0.15) is 23.9 Å². The predicted molar refractivity (Wildman–Crippen MR) is 48.0 cm³/mol. The summed E-state index contributed by atoms with van der Waals surface area (Å²) in [5.41, 5.74) is 0. The number of hydrogen-bond donors (Lipinski definition) is 1. The summed E-state index contributed by atoms with van der Waals surface area (Å²) in [6.45, 7) is 2.61. The first kappa shape index (κ1) is 9.48. The van der Waals surface area contributed by atoms with Gasteiger partial charge in [0.05, 0.1) is 11.9 Å². The third kappa shape index (κ3) is 2.46. The maximum absolute atomic E-state index is 5.79. The molecule has 0 bridgehead atoms. The van der Waals surface area contributed by atoms with E-state index in [1.54, 1.807) is 0 Å². The number of rotatable bonds is 3. The van der Waals surface area contributed by atoms with E-state index in [0.717, 1.165) is 12.4 Å². The van der Waals surface area contributed by atoms with Crippen LogP contribution in [-0.2, 0) is 6.54 Å². The lowest BCUT2D eigenvalue weighted by molar-refractivity contribution is 0.391. The van der Waals surface area contributed by atoms with Gasteiger partial charge in [0.25, 0.3) is 0 Å². The molecule has 0 saturated heterocycles. The van der Waals surface area contributed by atoms with E-state index in [4.69, 9.17) is 11.6 Å². The summed E-state index contributed by atoms with van der Waals surface area (Å²) in [7, 11) is 3.96. The Morgan fingerprint density at radius 2 is 2.25 bits per heavy atom. The first-order chi connectivity index (χ1) is 5.59. The van der Waals surface area contributed by atoms with E-state index in [0.29, 0.717) is 5.82 Å². The number of nitrogens with one attached hydrogen (secondary N) is 1. The molecule has 1 heterocycles. The van der Waals surface area contributed by atoms with Crippen LogP contribution in [0.4, 0.5) is 0 Å². The number of alkyl halides is 1. The Morgan fingerprint density at radius 1 is 1.58 bits per heavy atom. The van der Waals surface area contributed by atoms with Gasteiger partial charge < -0.3 is 4.90 Å². The van der Waals surface area contributed by atoms with Gasteiger partial charge in [0.2, 0.25) is 0 Å². The van der Waals surface area contributed by atoms with E-state index in [1.165, 1.54) is 0 Å². The fraction of sp³-hybridized carbons (Fsp3) is 0.714. The Morgan fingerprint density at radius 3 is 2.67 bits per heavy atom. The van der Waals surface area contributed by atoms with Gasteiger partial charge in [-0.15, -0.1) is 11.6 Å². The van der Waals surface area contributed by atoms with E-state index in [9.17, 15) is 0 Å². The van der Waals surface area contributed by atoms with Crippen molar-refractivity contribution in [2.45, 2.75) is 18.8 Å². The Bertz CT molecular complexity index is 243. The number of hydrogen-bond acceptors (Lipinski definition) is 3. The molecule has 0 aromatic carbocycles. The lowest BCUT2D eigenvalue weighted by Crippen LogP contribution is -2.11. The second-order valence-electron chi connectivity index (χ2n) is 2.99. The summed E-state index contributed by atoms with van der Waals surface area (Å²) in [6, 6.07) is 0. The molecule has 1 atom stereocenters. The molecule has 0 saturated carbocycles. The van der Waals surface area contributed by atoms with E-state index >= 15 is 0 Å². The third-order valence-electron chi connectivity index (χ3n) is 1.37. The molecule has 0 fully saturated rings. The molecule has 0 amide bonds. The van der Waals surface area contributed by atoms with Crippen LogP contribution in [0, 0.1) is 0 Å². The molecule has 12 heavy (non-hydrogen) atoms. The van der Waals surface area contributed by atoms with Crippen molar-refractivity contribution in [2.75, 3.05) is 14.1 Å². The molecule has 68 valence electrons. The van der Waals surface area contributed by atoms with Gasteiger partial charge in [0, 0.05) is 0 Å². The summed E-state index contributed by atoms with van der Waals surface area (Å²) >= 11 is 5.79. The van der Waals surface area contributed by atoms with Crippen molar-refractivity contribution in [2.24, 2.45) is 0 Å². The average Bonchev–Trinajstić information content (AvgIpc) is 2.34. The molecule has 1 unspecified atom stereocenters. The van der Waals surface area contributed by atoms with Gasteiger partial charge in [-0.05, 0) is 21.0 Å². The SMILES string of the molecule is CC(Cl)c1n[nH]c(CN(C)C)n1. The highest BCUT2D eigenvalue weighted by Gasteiger charge is 2.08. The number of aromatic amines is 1. The van der Waals surface area contributed by atoms with Crippen molar-refractivity contribution in [3.8, 4) is 0 Å². The molecular weight excluding hydrogens is 176 g/mol. The van der Waals surface area contributed by atoms with Crippen molar-refractivity contribution in [3.05, 3.63) is 11.6 Å². The zero-order valence-electron chi connectivity index (χ0n) is 7.50. The van der Waals surface area contributed by atoms with Crippen LogP contribution in [0.25, 0.3) is 0 Å². The predicted octanol–water partition coefficient (Wildman–Crippen LogP) is 1.17. The van der Waals surface area contributed by atoms with Crippen LogP contribution < -0.4 is 0 Å². The zero-order chi connectivity index (χ0) is 9.14. The quantitative estimate of drug-likeness (QED) is 0.725. The molecule has 1 aromatic heterocycles. The van der Waals surface area contributed by atoms with Gasteiger partial charge in [-0.1, -0.05) is 0 Å². The Hall–Kier alpha value is -0.610. The molecule has 0 aliphatic carbocycles. The standard InChI is InChI=1S/C7H13ClN4/c1-5(8)7-9-6(10-11-7)4-12(2)3/h5H,4H2,1-3H3,(H,9,10,11). The maximum atomic E-state index is 5.79. The van der Waals surface area contributed by atoms with Crippen molar-refractivity contribution in [1.29, 1.82) is 0 Å². The lowest BCUT2D eigenvalue weighted by Gasteiger charge is -2.04. The second kappa shape index (κ2) is 3.87. The highest BCUT2D eigenvalue weighted by molar-refractivity contribution is 6.20. The summed E-state index contributed by atoms with van der Waals surface area (Å²) < 4.78 is 0. The molecule has 1 rings (SSSR count). The molecular formula is C7H13ClN4. The van der Waals surface area contributed by atoms with Gasteiger partial charge >= 0.3 is 0 Å². The topological polar surface area (TPSA) is 44.8 Å². The number of halogens is 1. The monoisotopic (exact) mass is 188 g/mol. The molecule has 0 radical (unpaired) electrons. The van der Waals surface area contributed by atoms with Crippen LogP contribution in [0.2, 0.25) is 0 Å². The van der Waals surface area contributed by atoms with E-state index < -0.39 is 0 Å². The fourth-order valence-corrected chi connectivity index (χ4v) is 0.956. The van der Waals surface area contributed by atoms with Gasteiger partial charge in [0.1, 0.15) is 5.82 Å². The second-order valence-corrected chi connectivity index (χ2v) is 3.65. The van der Waals surface area contributed by atoms with Crippen molar-refractivity contribution in [1.82, 2.24) is 20.1 Å². The molecule has 0 aliphatic heterocycles. The smallest absolute Gasteiger partial charge is 0.168 e. The van der Waals surface area contributed by atoms with Gasteiger partial charge in [-0.25, -0.2) is 4.98 Å². The highest BCUT2D eigenvalue weighted by atomic mass is 35.5. The van der Waals surface area contributed by atoms with Crippen LogP contribution >= 0.6 is 11.6 Å².